The summed E-state index contributed by atoms with van der Waals surface area (Å²) in [7, 11) is 0. The number of pyridine rings is 1. The first-order valence-electron chi connectivity index (χ1n) is 5.61. The number of carboxylic acids is 1. The molecule has 1 aromatic carbocycles. The number of aromatic carboxylic acids is 1. The smallest absolute Gasteiger partial charge is 0.416 e. The summed E-state index contributed by atoms with van der Waals surface area (Å²) in [5.41, 5.74) is -1.78. The number of alkyl halides is 3. The van der Waals surface area contributed by atoms with E-state index < -0.39 is 29.2 Å². The third-order valence-electron chi connectivity index (χ3n) is 2.52. The highest BCUT2D eigenvalue weighted by atomic mass is 19.4. The summed E-state index contributed by atoms with van der Waals surface area (Å²) in [5, 5.41) is 11.1. The van der Waals surface area contributed by atoms with Gasteiger partial charge in [0.25, 0.3) is 0 Å². The molecule has 0 bridgehead atoms. The summed E-state index contributed by atoms with van der Waals surface area (Å²) in [6.45, 7) is 0. The zero-order valence-corrected chi connectivity index (χ0v) is 10.3. The normalized spacial score (nSPS) is 11.2. The van der Waals surface area contributed by atoms with Crippen LogP contribution in [0.1, 0.15) is 16.1 Å². The van der Waals surface area contributed by atoms with E-state index in [1.807, 2.05) is 0 Å². The van der Waals surface area contributed by atoms with E-state index in [4.69, 9.17) is 5.11 Å². The molecule has 0 fully saturated rings. The molecule has 2 rings (SSSR count). The molecule has 2 aromatic rings. The number of rotatable bonds is 3. The van der Waals surface area contributed by atoms with E-state index >= 15 is 0 Å². The Kier molecular flexibility index (Phi) is 3.79. The fraction of sp³-hybridized carbons (Fsp3) is 0.0769. The summed E-state index contributed by atoms with van der Waals surface area (Å²) < 4.78 is 51.2. The van der Waals surface area contributed by atoms with Crippen LogP contribution in [0.25, 0.3) is 0 Å². The second-order valence-electron chi connectivity index (χ2n) is 4.03. The van der Waals surface area contributed by atoms with Gasteiger partial charge in [-0.2, -0.15) is 13.2 Å². The molecule has 0 amide bonds. The van der Waals surface area contributed by atoms with Crippen LogP contribution in [0.15, 0.2) is 36.4 Å². The van der Waals surface area contributed by atoms with Crippen molar-refractivity contribution in [3.8, 4) is 0 Å². The lowest BCUT2D eigenvalue weighted by Crippen LogP contribution is -2.07. The highest BCUT2D eigenvalue weighted by Gasteiger charge is 2.31. The second kappa shape index (κ2) is 5.39. The zero-order valence-electron chi connectivity index (χ0n) is 10.3. The average Bonchev–Trinajstić information content (AvgIpc) is 2.40. The van der Waals surface area contributed by atoms with E-state index in [1.165, 1.54) is 18.2 Å². The molecule has 1 heterocycles. The van der Waals surface area contributed by atoms with Gasteiger partial charge in [-0.1, -0.05) is 6.07 Å². The largest absolute Gasteiger partial charge is 0.477 e. The number of carboxylic acid groups (broad SMARTS) is 1. The Hall–Kier alpha value is -2.64. The molecule has 0 aliphatic heterocycles. The summed E-state index contributed by atoms with van der Waals surface area (Å²) in [4.78, 5) is 14.4. The third kappa shape index (κ3) is 3.47. The first-order chi connectivity index (χ1) is 9.77. The zero-order chi connectivity index (χ0) is 15.6. The van der Waals surface area contributed by atoms with Gasteiger partial charge in [-0.05, 0) is 30.3 Å². The fourth-order valence-electron chi connectivity index (χ4n) is 1.56. The van der Waals surface area contributed by atoms with Gasteiger partial charge in [0.2, 0.25) is 0 Å². The molecule has 0 spiro atoms. The monoisotopic (exact) mass is 300 g/mol. The fourth-order valence-corrected chi connectivity index (χ4v) is 1.56. The maximum Gasteiger partial charge on any atom is 0.416 e. The van der Waals surface area contributed by atoms with E-state index in [0.29, 0.717) is 18.2 Å². The van der Waals surface area contributed by atoms with Crippen LogP contribution < -0.4 is 5.32 Å². The number of hydrogen-bond acceptors (Lipinski definition) is 3. The van der Waals surface area contributed by atoms with Crippen molar-refractivity contribution in [1.29, 1.82) is 0 Å². The highest BCUT2D eigenvalue weighted by molar-refractivity contribution is 5.85. The van der Waals surface area contributed by atoms with Gasteiger partial charge < -0.3 is 10.4 Å². The van der Waals surface area contributed by atoms with Crippen molar-refractivity contribution in [2.24, 2.45) is 0 Å². The Morgan fingerprint density at radius 2 is 1.90 bits per heavy atom. The molecule has 0 unspecified atom stereocenters. The van der Waals surface area contributed by atoms with Crippen LogP contribution >= 0.6 is 0 Å². The van der Waals surface area contributed by atoms with Gasteiger partial charge in [0.15, 0.2) is 5.69 Å². The van der Waals surface area contributed by atoms with Crippen molar-refractivity contribution in [3.05, 3.63) is 53.5 Å². The number of aromatic nitrogens is 1. The topological polar surface area (TPSA) is 62.2 Å². The van der Waals surface area contributed by atoms with Gasteiger partial charge in [0, 0.05) is 0 Å². The first kappa shape index (κ1) is 14.8. The Morgan fingerprint density at radius 1 is 1.19 bits per heavy atom. The van der Waals surface area contributed by atoms with Gasteiger partial charge in [-0.15, -0.1) is 0 Å². The van der Waals surface area contributed by atoms with Gasteiger partial charge >= 0.3 is 12.1 Å². The molecule has 0 aliphatic rings. The predicted molar refractivity (Wildman–Crippen MR) is 65.9 cm³/mol. The molecule has 0 saturated heterocycles. The molecule has 8 heteroatoms. The lowest BCUT2D eigenvalue weighted by molar-refractivity contribution is -0.137. The van der Waals surface area contributed by atoms with Gasteiger partial charge in [0.1, 0.15) is 11.6 Å². The number of hydrogen-bond donors (Lipinski definition) is 2. The lowest BCUT2D eigenvalue weighted by atomic mass is 10.2. The Labute approximate surface area is 116 Å². The van der Waals surface area contributed by atoms with Gasteiger partial charge in [0.05, 0.1) is 11.3 Å². The van der Waals surface area contributed by atoms with Crippen LogP contribution in [-0.4, -0.2) is 16.1 Å². The van der Waals surface area contributed by atoms with Crippen molar-refractivity contribution in [1.82, 2.24) is 4.98 Å². The molecule has 0 aliphatic carbocycles. The minimum atomic E-state index is -4.61. The van der Waals surface area contributed by atoms with Gasteiger partial charge in [-0.3, -0.25) is 0 Å². The molecular formula is C13H8F4N2O2. The molecule has 1 aromatic heterocycles. The number of nitrogens with zero attached hydrogens (tertiary/aromatic N) is 1. The van der Waals surface area contributed by atoms with Gasteiger partial charge in [-0.25, -0.2) is 14.2 Å². The van der Waals surface area contributed by atoms with E-state index in [9.17, 15) is 22.4 Å². The Bertz CT molecular complexity index is 686. The van der Waals surface area contributed by atoms with E-state index in [-0.39, 0.29) is 11.5 Å². The Morgan fingerprint density at radius 3 is 2.52 bits per heavy atom. The van der Waals surface area contributed by atoms with Crippen molar-refractivity contribution in [2.45, 2.75) is 6.18 Å². The maximum atomic E-state index is 13.5. The van der Waals surface area contributed by atoms with Crippen molar-refractivity contribution >= 4 is 17.5 Å². The molecule has 0 saturated carbocycles. The summed E-state index contributed by atoms with van der Waals surface area (Å²) in [5.74, 6) is -2.29. The summed E-state index contributed by atoms with van der Waals surface area (Å²) >= 11 is 0. The van der Waals surface area contributed by atoms with Crippen LogP contribution in [0.3, 0.4) is 0 Å². The molecular weight excluding hydrogens is 292 g/mol. The number of benzene rings is 1. The minimum absolute atomic E-state index is 0.0758. The summed E-state index contributed by atoms with van der Waals surface area (Å²) in [6, 6.07) is 5.73. The number of carbonyl (C=O) groups is 1. The molecule has 2 N–H and O–H groups in total. The summed E-state index contributed by atoms with van der Waals surface area (Å²) in [6.07, 6.45) is -4.61. The van der Waals surface area contributed by atoms with Crippen molar-refractivity contribution in [3.63, 3.8) is 0 Å². The first-order valence-corrected chi connectivity index (χ1v) is 5.61. The van der Waals surface area contributed by atoms with Crippen LogP contribution in [0.5, 0.6) is 0 Å². The van der Waals surface area contributed by atoms with Crippen molar-refractivity contribution in [2.75, 3.05) is 5.32 Å². The number of halogens is 4. The third-order valence-corrected chi connectivity index (χ3v) is 2.52. The van der Waals surface area contributed by atoms with Crippen molar-refractivity contribution < 1.29 is 27.5 Å². The van der Waals surface area contributed by atoms with Crippen LogP contribution in [-0.2, 0) is 6.18 Å². The molecule has 21 heavy (non-hydrogen) atoms. The minimum Gasteiger partial charge on any atom is -0.477 e. The molecule has 0 atom stereocenters. The molecule has 110 valence electrons. The number of anilines is 2. The van der Waals surface area contributed by atoms with E-state index in [0.717, 1.165) is 0 Å². The highest BCUT2D eigenvalue weighted by Crippen LogP contribution is 2.32. The SMILES string of the molecule is O=C(O)c1cccc(Nc2cc(C(F)(F)F)ccc2F)n1. The van der Waals surface area contributed by atoms with Crippen LogP contribution in [0.4, 0.5) is 29.1 Å². The second-order valence-corrected chi connectivity index (χ2v) is 4.03. The maximum absolute atomic E-state index is 13.5. The quantitative estimate of drug-likeness (QED) is 0.849. The molecule has 4 nitrogen and oxygen atoms in total. The number of nitrogens with one attached hydrogen (secondary N) is 1. The Balaban J connectivity index is 2.35. The predicted octanol–water partition coefficient (Wildman–Crippen LogP) is 3.68. The van der Waals surface area contributed by atoms with E-state index in [2.05, 4.69) is 10.3 Å². The molecule has 0 radical (unpaired) electrons. The van der Waals surface area contributed by atoms with Crippen LogP contribution in [0, 0.1) is 5.82 Å². The average molecular weight is 300 g/mol. The van der Waals surface area contributed by atoms with E-state index in [1.54, 1.807) is 0 Å². The van der Waals surface area contributed by atoms with Crippen LogP contribution in [0.2, 0.25) is 0 Å². The lowest BCUT2D eigenvalue weighted by Gasteiger charge is -2.11. The standard InChI is InChI=1S/C13H8F4N2O2/c14-8-5-4-7(13(15,16)17)6-10(8)19-11-3-1-2-9(18-11)12(20)21/h1-6H,(H,18,19)(H,20,21).